The molecule has 0 fully saturated rings. The number of rotatable bonds is 1. The Bertz CT molecular complexity index is 2520. The van der Waals surface area contributed by atoms with Crippen molar-refractivity contribution in [2.75, 3.05) is 9.80 Å². The van der Waals surface area contributed by atoms with Crippen molar-refractivity contribution in [2.45, 2.75) is 25.4 Å². The maximum absolute atomic E-state index is 2.63. The summed E-state index contributed by atoms with van der Waals surface area (Å²) in [5.74, 6) is 0. The third-order valence-corrected chi connectivity index (χ3v) is 15.7. The second-order valence-electron chi connectivity index (χ2n) is 14.9. The van der Waals surface area contributed by atoms with Gasteiger partial charge in [0.1, 0.15) is 8.07 Å². The molecular formula is C46H35BN2Si. The van der Waals surface area contributed by atoms with Gasteiger partial charge in [-0.3, -0.25) is 0 Å². The van der Waals surface area contributed by atoms with E-state index in [1.807, 2.05) is 0 Å². The SMILES string of the molecule is Cc1cc2c3c(c1)N1c4ccccc4C4(c5ccccc5[Si](C)(C)c5ccccc54)c4cccc(c41)B3c1ccccc1N2c1ccccc1. The van der Waals surface area contributed by atoms with Gasteiger partial charge in [0.15, 0.2) is 0 Å². The molecule has 0 bridgehead atoms. The van der Waals surface area contributed by atoms with E-state index in [2.05, 4.69) is 188 Å². The first-order chi connectivity index (χ1) is 24.5. The first kappa shape index (κ1) is 28.3. The molecule has 2 nitrogen and oxygen atoms in total. The predicted octanol–water partition coefficient (Wildman–Crippen LogP) is 7.91. The third-order valence-electron chi connectivity index (χ3n) is 12.1. The molecule has 1 spiro atoms. The van der Waals surface area contributed by atoms with Gasteiger partial charge < -0.3 is 9.80 Å². The Morgan fingerprint density at radius 2 is 1.02 bits per heavy atom. The molecule has 0 saturated carbocycles. The van der Waals surface area contributed by atoms with Crippen LogP contribution in [0.25, 0.3) is 0 Å². The number of benzene rings is 7. The highest BCUT2D eigenvalue weighted by Gasteiger charge is 2.56. The molecule has 7 aromatic carbocycles. The molecule has 50 heavy (non-hydrogen) atoms. The Kier molecular flexibility index (Phi) is 5.53. The highest BCUT2D eigenvalue weighted by atomic mass is 28.3. The summed E-state index contributed by atoms with van der Waals surface area (Å²) >= 11 is 0. The average molecular weight is 655 g/mol. The molecule has 4 heterocycles. The van der Waals surface area contributed by atoms with Crippen molar-refractivity contribution in [3.63, 3.8) is 0 Å². The van der Waals surface area contributed by atoms with Crippen molar-refractivity contribution in [2.24, 2.45) is 0 Å². The standard InChI is InChI=1S/C46H35BN2Si/c1-30-28-40-44-41(29-30)49-38-24-11-7-18-32(38)46(33-19-8-13-26-42(33)50(2,3)43-27-14-9-20-34(43)46)35-21-15-23-37(45(35)49)47(44)36-22-10-12-25-39(36)48(40)31-16-5-4-6-17-31/h4-29H,1-3H3. The van der Waals surface area contributed by atoms with Crippen molar-refractivity contribution in [3.05, 3.63) is 186 Å². The van der Waals surface area contributed by atoms with Crippen LogP contribution in [0.5, 0.6) is 0 Å². The van der Waals surface area contributed by atoms with Gasteiger partial charge in [-0.2, -0.15) is 0 Å². The van der Waals surface area contributed by atoms with Crippen molar-refractivity contribution >= 4 is 75.7 Å². The van der Waals surface area contributed by atoms with E-state index >= 15 is 0 Å². The first-order valence-corrected chi connectivity index (χ1v) is 20.8. The Morgan fingerprint density at radius 3 is 1.74 bits per heavy atom. The lowest BCUT2D eigenvalue weighted by Crippen LogP contribution is -2.65. The van der Waals surface area contributed by atoms with Crippen molar-refractivity contribution < 1.29 is 0 Å². The number of hydrogen-bond donors (Lipinski definition) is 0. The topological polar surface area (TPSA) is 6.48 Å². The van der Waals surface area contributed by atoms with Crippen molar-refractivity contribution in [1.29, 1.82) is 0 Å². The van der Waals surface area contributed by atoms with E-state index in [0.717, 1.165) is 0 Å². The van der Waals surface area contributed by atoms with Gasteiger partial charge >= 0.3 is 0 Å². The Morgan fingerprint density at radius 1 is 0.480 bits per heavy atom. The number of hydrogen-bond acceptors (Lipinski definition) is 2. The Labute approximate surface area is 295 Å². The molecule has 11 rings (SSSR count). The third kappa shape index (κ3) is 3.30. The summed E-state index contributed by atoms with van der Waals surface area (Å²) < 4.78 is 0. The Hall–Kier alpha value is -5.58. The maximum Gasteiger partial charge on any atom is 0.252 e. The number of nitrogens with zero attached hydrogens (tertiary/aromatic N) is 2. The zero-order chi connectivity index (χ0) is 33.4. The summed E-state index contributed by atoms with van der Waals surface area (Å²) in [6.45, 7) is 7.44. The van der Waals surface area contributed by atoms with Gasteiger partial charge in [-0.1, -0.05) is 134 Å². The smallest absolute Gasteiger partial charge is 0.252 e. The molecule has 0 atom stereocenters. The van der Waals surface area contributed by atoms with Crippen LogP contribution in [-0.4, -0.2) is 14.8 Å². The lowest BCUT2D eigenvalue weighted by molar-refractivity contribution is 0.736. The van der Waals surface area contributed by atoms with Crippen LogP contribution in [0, 0.1) is 6.92 Å². The van der Waals surface area contributed by atoms with Crippen LogP contribution in [0.4, 0.5) is 34.1 Å². The molecule has 0 aromatic heterocycles. The largest absolute Gasteiger partial charge is 0.311 e. The van der Waals surface area contributed by atoms with E-state index < -0.39 is 13.5 Å². The quantitative estimate of drug-likeness (QED) is 0.166. The van der Waals surface area contributed by atoms with Gasteiger partial charge in [-0.05, 0) is 97.9 Å². The van der Waals surface area contributed by atoms with Gasteiger partial charge in [0.05, 0.1) is 11.1 Å². The second kappa shape index (κ2) is 9.77. The molecule has 7 aromatic rings. The van der Waals surface area contributed by atoms with Crippen LogP contribution >= 0.6 is 0 Å². The fourth-order valence-electron chi connectivity index (χ4n) is 10.3. The van der Waals surface area contributed by atoms with Gasteiger partial charge in [0.2, 0.25) is 0 Å². The fourth-order valence-corrected chi connectivity index (χ4v) is 13.5. The average Bonchev–Trinajstić information content (AvgIpc) is 3.16. The van der Waals surface area contributed by atoms with E-state index in [4.69, 9.17) is 0 Å². The van der Waals surface area contributed by atoms with E-state index in [1.54, 1.807) is 0 Å². The highest BCUT2D eigenvalue weighted by Crippen LogP contribution is 2.59. The molecule has 236 valence electrons. The highest BCUT2D eigenvalue weighted by molar-refractivity contribution is 7.02. The zero-order valence-electron chi connectivity index (χ0n) is 28.5. The molecule has 4 heteroatoms. The monoisotopic (exact) mass is 654 g/mol. The van der Waals surface area contributed by atoms with Crippen LogP contribution in [0.1, 0.15) is 27.8 Å². The number of aryl methyl sites for hydroxylation is 1. The summed E-state index contributed by atoms with van der Waals surface area (Å²) in [5.41, 5.74) is 18.2. The minimum absolute atomic E-state index is 0.102. The van der Waals surface area contributed by atoms with Crippen molar-refractivity contribution in [1.82, 2.24) is 0 Å². The lowest BCUT2D eigenvalue weighted by atomic mass is 9.33. The molecule has 0 radical (unpaired) electrons. The number of fused-ring (bicyclic) bond motifs is 12. The molecule has 4 aliphatic heterocycles. The number of para-hydroxylation sites is 4. The summed E-state index contributed by atoms with van der Waals surface area (Å²) in [4.78, 5) is 5.12. The van der Waals surface area contributed by atoms with Crippen LogP contribution in [-0.2, 0) is 5.41 Å². The summed E-state index contributed by atoms with van der Waals surface area (Å²) in [5, 5.41) is 3.07. The molecule has 0 N–H and O–H groups in total. The predicted molar refractivity (Wildman–Crippen MR) is 214 cm³/mol. The van der Waals surface area contributed by atoms with Gasteiger partial charge in [-0.25, -0.2) is 0 Å². The minimum atomic E-state index is -2.00. The molecular weight excluding hydrogens is 619 g/mol. The summed E-state index contributed by atoms with van der Waals surface area (Å²) in [6.07, 6.45) is 0. The van der Waals surface area contributed by atoms with Crippen molar-refractivity contribution in [3.8, 4) is 0 Å². The van der Waals surface area contributed by atoms with Crippen LogP contribution in [0.15, 0.2) is 158 Å². The normalized spacial score (nSPS) is 16.1. The summed E-state index contributed by atoms with van der Waals surface area (Å²) in [7, 11) is -2.00. The molecule has 0 amide bonds. The van der Waals surface area contributed by atoms with Gasteiger partial charge in [0.25, 0.3) is 6.71 Å². The van der Waals surface area contributed by atoms with Crippen LogP contribution in [0.2, 0.25) is 13.1 Å². The van der Waals surface area contributed by atoms with E-state index in [1.165, 1.54) is 88.7 Å². The van der Waals surface area contributed by atoms with Gasteiger partial charge in [-0.15, -0.1) is 0 Å². The fraction of sp³-hybridized carbons (Fsp3) is 0.0870. The molecule has 0 aliphatic carbocycles. The van der Waals surface area contributed by atoms with Crippen LogP contribution in [0.3, 0.4) is 0 Å². The second-order valence-corrected chi connectivity index (χ2v) is 19.3. The van der Waals surface area contributed by atoms with E-state index in [9.17, 15) is 0 Å². The van der Waals surface area contributed by atoms with E-state index in [-0.39, 0.29) is 6.71 Å². The number of anilines is 6. The zero-order valence-corrected chi connectivity index (χ0v) is 29.5. The lowest BCUT2D eigenvalue weighted by Gasteiger charge is -2.54. The molecule has 0 unspecified atom stereocenters. The van der Waals surface area contributed by atoms with Gasteiger partial charge in [0, 0.05) is 28.4 Å². The minimum Gasteiger partial charge on any atom is -0.311 e. The Balaban J connectivity index is 1.31. The maximum atomic E-state index is 2.63. The molecule has 0 saturated heterocycles. The van der Waals surface area contributed by atoms with Crippen LogP contribution < -0.4 is 36.6 Å². The summed E-state index contributed by atoms with van der Waals surface area (Å²) in [6, 6.07) is 60.1. The molecule has 4 aliphatic rings. The first-order valence-electron chi connectivity index (χ1n) is 17.8. The van der Waals surface area contributed by atoms with E-state index in [0.29, 0.717) is 0 Å².